The van der Waals surface area contributed by atoms with E-state index in [1.165, 1.54) is 5.69 Å². The Labute approximate surface area is 122 Å². The molecule has 1 aliphatic carbocycles. The summed E-state index contributed by atoms with van der Waals surface area (Å²) < 4.78 is 0. The molecule has 2 N–H and O–H groups in total. The molecule has 4 rings (SSSR count). The molecule has 0 saturated heterocycles. The van der Waals surface area contributed by atoms with Gasteiger partial charge in [0.05, 0.1) is 12.0 Å². The van der Waals surface area contributed by atoms with Gasteiger partial charge in [-0.1, -0.05) is 18.2 Å². The molecule has 1 aromatic carbocycles. The van der Waals surface area contributed by atoms with Crippen LogP contribution in [0.15, 0.2) is 30.6 Å². The number of hydrogen-bond donors (Lipinski definition) is 2. The molecule has 0 fully saturated rings. The van der Waals surface area contributed by atoms with Crippen LogP contribution in [0.1, 0.15) is 33.9 Å². The quantitative estimate of drug-likeness (QED) is 0.708. The third kappa shape index (κ3) is 1.90. The number of para-hydroxylation sites is 1. The van der Waals surface area contributed by atoms with Crippen LogP contribution in [-0.2, 0) is 12.8 Å². The van der Waals surface area contributed by atoms with Gasteiger partial charge in [-0.05, 0) is 25.8 Å². The number of imidazole rings is 1. The van der Waals surface area contributed by atoms with Gasteiger partial charge in [-0.3, -0.25) is 4.79 Å². The molecule has 2 heterocycles. The van der Waals surface area contributed by atoms with E-state index in [2.05, 4.69) is 15.0 Å². The third-order valence-electron chi connectivity index (χ3n) is 4.50. The molecule has 2 aromatic heterocycles. The molecule has 1 atom stereocenters. The molecule has 0 radical (unpaired) electrons. The van der Waals surface area contributed by atoms with Gasteiger partial charge in [-0.15, -0.1) is 0 Å². The van der Waals surface area contributed by atoms with Crippen LogP contribution in [0.2, 0.25) is 0 Å². The fourth-order valence-corrected chi connectivity index (χ4v) is 3.42. The Morgan fingerprint density at radius 2 is 2.19 bits per heavy atom. The van der Waals surface area contributed by atoms with Crippen LogP contribution in [-0.4, -0.2) is 20.7 Å². The van der Waals surface area contributed by atoms with E-state index >= 15 is 0 Å². The molecule has 4 nitrogen and oxygen atoms in total. The van der Waals surface area contributed by atoms with Crippen molar-refractivity contribution in [3.63, 3.8) is 0 Å². The van der Waals surface area contributed by atoms with Gasteiger partial charge in [-0.2, -0.15) is 0 Å². The van der Waals surface area contributed by atoms with Gasteiger partial charge in [0.15, 0.2) is 5.78 Å². The molecule has 0 spiro atoms. The van der Waals surface area contributed by atoms with Crippen molar-refractivity contribution in [3.8, 4) is 0 Å². The minimum absolute atomic E-state index is 0.0405. The van der Waals surface area contributed by atoms with E-state index in [1.807, 2.05) is 31.2 Å². The monoisotopic (exact) mass is 279 g/mol. The Kier molecular flexibility index (Phi) is 2.70. The zero-order chi connectivity index (χ0) is 14.4. The van der Waals surface area contributed by atoms with Gasteiger partial charge in [0.2, 0.25) is 0 Å². The number of hydrogen-bond acceptors (Lipinski definition) is 2. The second-order valence-electron chi connectivity index (χ2n) is 5.80. The van der Waals surface area contributed by atoms with E-state index in [0.29, 0.717) is 0 Å². The van der Waals surface area contributed by atoms with Crippen molar-refractivity contribution in [3.05, 3.63) is 53.2 Å². The molecule has 1 unspecified atom stereocenters. The summed E-state index contributed by atoms with van der Waals surface area (Å²) in [6.07, 6.45) is 4.28. The van der Waals surface area contributed by atoms with E-state index in [1.54, 1.807) is 6.33 Å². The molecule has 1 aliphatic rings. The number of aromatic nitrogens is 3. The number of ketones is 1. The number of carbonyl (C=O) groups excluding carboxylic acids is 1. The van der Waals surface area contributed by atoms with Gasteiger partial charge in [0.25, 0.3) is 0 Å². The Bertz CT molecular complexity index is 828. The summed E-state index contributed by atoms with van der Waals surface area (Å²) in [5.74, 6) is 0.289. The third-order valence-corrected chi connectivity index (χ3v) is 4.50. The Balaban J connectivity index is 1.73. The predicted octanol–water partition coefficient (Wildman–Crippen LogP) is 3.19. The lowest BCUT2D eigenvalue weighted by Crippen LogP contribution is -2.23. The van der Waals surface area contributed by atoms with E-state index in [9.17, 15) is 4.79 Å². The number of fused-ring (bicyclic) bond motifs is 2. The summed E-state index contributed by atoms with van der Waals surface area (Å²) in [7, 11) is 0. The lowest BCUT2D eigenvalue weighted by Gasteiger charge is -2.20. The standard InChI is InChI=1S/C17H17N3O/c1-10-16(12-4-2-3-5-13(12)20-10)17(21)11-6-7-14-15(8-11)19-9-18-14/h2-5,9,11,20H,6-8H2,1H3,(H,18,19). The van der Waals surface area contributed by atoms with Crippen LogP contribution >= 0.6 is 0 Å². The Morgan fingerprint density at radius 3 is 3.10 bits per heavy atom. The topological polar surface area (TPSA) is 61.5 Å². The SMILES string of the molecule is Cc1[nH]c2ccccc2c1C(=O)C1CCc2[nH]cnc2C1. The first-order chi connectivity index (χ1) is 10.2. The fourth-order valence-electron chi connectivity index (χ4n) is 3.42. The van der Waals surface area contributed by atoms with Gasteiger partial charge >= 0.3 is 0 Å². The van der Waals surface area contributed by atoms with E-state index in [4.69, 9.17) is 0 Å². The minimum atomic E-state index is 0.0405. The zero-order valence-corrected chi connectivity index (χ0v) is 11.9. The number of H-pyrrole nitrogens is 2. The first kappa shape index (κ1) is 12.4. The highest BCUT2D eigenvalue weighted by Crippen LogP contribution is 2.30. The number of Topliss-reactive ketones (excluding diaryl/α,β-unsaturated/α-hetero) is 1. The maximum absolute atomic E-state index is 13.0. The molecule has 21 heavy (non-hydrogen) atoms. The van der Waals surface area contributed by atoms with E-state index in [-0.39, 0.29) is 11.7 Å². The van der Waals surface area contributed by atoms with Crippen LogP contribution in [0, 0.1) is 12.8 Å². The maximum Gasteiger partial charge on any atom is 0.168 e. The highest BCUT2D eigenvalue weighted by atomic mass is 16.1. The normalized spacial score (nSPS) is 17.9. The average Bonchev–Trinajstić information content (AvgIpc) is 3.08. The molecular weight excluding hydrogens is 262 g/mol. The molecule has 0 saturated carbocycles. The van der Waals surface area contributed by atoms with Crippen LogP contribution in [0.4, 0.5) is 0 Å². The van der Waals surface area contributed by atoms with Crippen LogP contribution in [0.3, 0.4) is 0 Å². The largest absolute Gasteiger partial charge is 0.358 e. The summed E-state index contributed by atoms with van der Waals surface area (Å²) in [5.41, 5.74) is 5.10. The second kappa shape index (κ2) is 4.58. The number of aryl methyl sites for hydroxylation is 2. The summed E-state index contributed by atoms with van der Waals surface area (Å²) in [4.78, 5) is 23.8. The number of nitrogens with zero attached hydrogens (tertiary/aromatic N) is 1. The predicted molar refractivity (Wildman–Crippen MR) is 81.5 cm³/mol. The summed E-state index contributed by atoms with van der Waals surface area (Å²) in [5, 5.41) is 1.04. The molecule has 0 bridgehead atoms. The van der Waals surface area contributed by atoms with Gasteiger partial charge in [0.1, 0.15) is 0 Å². The zero-order valence-electron chi connectivity index (χ0n) is 11.9. The second-order valence-corrected chi connectivity index (χ2v) is 5.80. The van der Waals surface area contributed by atoms with E-state index in [0.717, 1.165) is 47.1 Å². The molecular formula is C17H17N3O. The maximum atomic E-state index is 13.0. The van der Waals surface area contributed by atoms with Crippen molar-refractivity contribution in [2.45, 2.75) is 26.2 Å². The summed E-state index contributed by atoms with van der Waals surface area (Å²) in [6.45, 7) is 1.98. The number of carbonyl (C=O) groups is 1. The van der Waals surface area contributed by atoms with Crippen LogP contribution < -0.4 is 0 Å². The van der Waals surface area contributed by atoms with Crippen molar-refractivity contribution in [1.29, 1.82) is 0 Å². The van der Waals surface area contributed by atoms with E-state index < -0.39 is 0 Å². The Hall–Kier alpha value is -2.36. The van der Waals surface area contributed by atoms with Crippen LogP contribution in [0.25, 0.3) is 10.9 Å². The summed E-state index contributed by atoms with van der Waals surface area (Å²) in [6, 6.07) is 8.02. The summed E-state index contributed by atoms with van der Waals surface area (Å²) >= 11 is 0. The molecule has 0 aliphatic heterocycles. The van der Waals surface area contributed by atoms with Crippen molar-refractivity contribution < 1.29 is 4.79 Å². The van der Waals surface area contributed by atoms with Crippen molar-refractivity contribution >= 4 is 16.7 Å². The number of benzene rings is 1. The Morgan fingerprint density at radius 1 is 1.33 bits per heavy atom. The fraction of sp³-hybridized carbons (Fsp3) is 0.294. The molecule has 3 aromatic rings. The smallest absolute Gasteiger partial charge is 0.168 e. The van der Waals surface area contributed by atoms with Crippen molar-refractivity contribution in [1.82, 2.24) is 15.0 Å². The van der Waals surface area contributed by atoms with Crippen LogP contribution in [0.5, 0.6) is 0 Å². The number of aromatic amines is 2. The molecule has 106 valence electrons. The number of rotatable bonds is 2. The first-order valence-corrected chi connectivity index (χ1v) is 7.36. The van der Waals surface area contributed by atoms with Gasteiger partial charge < -0.3 is 9.97 Å². The van der Waals surface area contributed by atoms with Crippen molar-refractivity contribution in [2.75, 3.05) is 0 Å². The molecule has 0 amide bonds. The lowest BCUT2D eigenvalue weighted by atomic mass is 9.83. The van der Waals surface area contributed by atoms with Crippen molar-refractivity contribution in [2.24, 2.45) is 5.92 Å². The minimum Gasteiger partial charge on any atom is -0.358 e. The molecule has 4 heteroatoms. The first-order valence-electron chi connectivity index (χ1n) is 7.36. The average molecular weight is 279 g/mol. The van der Waals surface area contributed by atoms with Gasteiger partial charge in [0, 0.05) is 40.2 Å². The highest BCUT2D eigenvalue weighted by Gasteiger charge is 2.29. The lowest BCUT2D eigenvalue weighted by molar-refractivity contribution is 0.0909. The number of nitrogens with one attached hydrogen (secondary N) is 2. The highest BCUT2D eigenvalue weighted by molar-refractivity contribution is 6.10. The van der Waals surface area contributed by atoms with Gasteiger partial charge in [-0.25, -0.2) is 4.98 Å².